The number of ether oxygens (including phenoxy) is 2. The maximum atomic E-state index is 13.3. The normalized spacial score (nSPS) is 10.2. The number of ketones is 1. The number of methoxy groups -OCH3 is 1. The van der Waals surface area contributed by atoms with Crippen LogP contribution in [0.15, 0.2) is 12.1 Å². The standard InChI is InChI=1S/C14H16F2O4/c1-3-20-13(18)6-4-5-11(17)9-7-10(15)14(16)12(8-9)19-2/h7-8H,3-6H2,1-2H3. The lowest BCUT2D eigenvalue weighted by atomic mass is 10.0. The van der Waals surface area contributed by atoms with Gasteiger partial charge in [-0.3, -0.25) is 9.59 Å². The number of carbonyl (C=O) groups is 2. The van der Waals surface area contributed by atoms with E-state index in [1.807, 2.05) is 0 Å². The summed E-state index contributed by atoms with van der Waals surface area (Å²) in [5.74, 6) is -3.36. The van der Waals surface area contributed by atoms with Crippen LogP contribution in [0, 0.1) is 11.6 Å². The summed E-state index contributed by atoms with van der Waals surface area (Å²) >= 11 is 0. The van der Waals surface area contributed by atoms with Crippen molar-refractivity contribution in [3.63, 3.8) is 0 Å². The molecule has 1 aromatic rings. The summed E-state index contributed by atoms with van der Waals surface area (Å²) in [6.45, 7) is 1.98. The van der Waals surface area contributed by atoms with Gasteiger partial charge in [-0.15, -0.1) is 0 Å². The summed E-state index contributed by atoms with van der Waals surface area (Å²) in [6.07, 6.45) is 0.451. The van der Waals surface area contributed by atoms with E-state index < -0.39 is 11.6 Å². The van der Waals surface area contributed by atoms with Gasteiger partial charge in [0.2, 0.25) is 5.82 Å². The van der Waals surface area contributed by atoms with Gasteiger partial charge in [-0.1, -0.05) is 0 Å². The molecule has 4 nitrogen and oxygen atoms in total. The van der Waals surface area contributed by atoms with Crippen molar-refractivity contribution in [3.05, 3.63) is 29.3 Å². The SMILES string of the molecule is CCOC(=O)CCCC(=O)c1cc(F)c(F)c(OC)c1. The predicted octanol–water partition coefficient (Wildman–Crippen LogP) is 2.89. The molecule has 0 fully saturated rings. The number of hydrogen-bond donors (Lipinski definition) is 0. The fourth-order valence-electron chi connectivity index (χ4n) is 1.64. The van der Waals surface area contributed by atoms with E-state index in [-0.39, 0.29) is 42.5 Å². The molecule has 1 rings (SSSR count). The highest BCUT2D eigenvalue weighted by atomic mass is 19.2. The third-order valence-electron chi connectivity index (χ3n) is 2.63. The lowest BCUT2D eigenvalue weighted by Gasteiger charge is -2.06. The second-order valence-electron chi connectivity index (χ2n) is 4.06. The van der Waals surface area contributed by atoms with Crippen LogP contribution in [0.4, 0.5) is 8.78 Å². The zero-order valence-corrected chi connectivity index (χ0v) is 11.4. The van der Waals surface area contributed by atoms with E-state index in [1.54, 1.807) is 6.92 Å². The number of benzene rings is 1. The lowest BCUT2D eigenvalue weighted by molar-refractivity contribution is -0.143. The highest BCUT2D eigenvalue weighted by molar-refractivity contribution is 5.96. The highest BCUT2D eigenvalue weighted by Gasteiger charge is 2.15. The average molecular weight is 286 g/mol. The Morgan fingerprint density at radius 1 is 1.20 bits per heavy atom. The van der Waals surface area contributed by atoms with Crippen molar-refractivity contribution in [2.24, 2.45) is 0 Å². The Kier molecular flexibility index (Phi) is 6.09. The van der Waals surface area contributed by atoms with Crippen LogP contribution in [-0.4, -0.2) is 25.5 Å². The first-order valence-corrected chi connectivity index (χ1v) is 6.21. The molecule has 0 bridgehead atoms. The van der Waals surface area contributed by atoms with E-state index in [1.165, 1.54) is 7.11 Å². The summed E-state index contributed by atoms with van der Waals surface area (Å²) in [7, 11) is 1.19. The Balaban J connectivity index is 2.64. The number of hydrogen-bond acceptors (Lipinski definition) is 4. The molecule has 0 aliphatic carbocycles. The zero-order valence-electron chi connectivity index (χ0n) is 11.4. The molecule has 0 aromatic heterocycles. The van der Waals surface area contributed by atoms with Gasteiger partial charge in [0.25, 0.3) is 0 Å². The Bertz CT molecular complexity index is 500. The van der Waals surface area contributed by atoms with Gasteiger partial charge >= 0.3 is 5.97 Å². The molecule has 0 saturated carbocycles. The number of Topliss-reactive ketones (excluding diaryl/α,β-unsaturated/α-hetero) is 1. The number of rotatable bonds is 7. The van der Waals surface area contributed by atoms with Crippen molar-refractivity contribution < 1.29 is 27.8 Å². The third-order valence-corrected chi connectivity index (χ3v) is 2.63. The monoisotopic (exact) mass is 286 g/mol. The maximum Gasteiger partial charge on any atom is 0.305 e. The molecule has 110 valence electrons. The molecule has 0 atom stereocenters. The number of esters is 1. The fourth-order valence-corrected chi connectivity index (χ4v) is 1.64. The van der Waals surface area contributed by atoms with Crippen molar-refractivity contribution in [3.8, 4) is 5.75 Å². The van der Waals surface area contributed by atoms with Crippen LogP contribution in [0.5, 0.6) is 5.75 Å². The summed E-state index contributed by atoms with van der Waals surface area (Å²) in [5, 5.41) is 0. The minimum atomic E-state index is -1.14. The zero-order chi connectivity index (χ0) is 15.1. The summed E-state index contributed by atoms with van der Waals surface area (Å²) < 4.78 is 35.8. The molecule has 0 unspecified atom stereocenters. The van der Waals surface area contributed by atoms with Crippen LogP contribution < -0.4 is 4.74 Å². The van der Waals surface area contributed by atoms with Crippen molar-refractivity contribution in [2.75, 3.05) is 13.7 Å². The molecule has 1 aromatic carbocycles. The van der Waals surface area contributed by atoms with Gasteiger partial charge in [0.1, 0.15) is 0 Å². The summed E-state index contributed by atoms with van der Waals surface area (Å²) in [6, 6.07) is 1.97. The molecule has 0 saturated heterocycles. The van der Waals surface area contributed by atoms with Crippen LogP contribution in [0.1, 0.15) is 36.5 Å². The Labute approximate surface area is 115 Å². The molecule has 0 N–H and O–H groups in total. The first-order valence-electron chi connectivity index (χ1n) is 6.21. The molecular formula is C14H16F2O4. The molecule has 0 amide bonds. The molecule has 0 spiro atoms. The van der Waals surface area contributed by atoms with Crippen molar-refractivity contribution >= 4 is 11.8 Å². The topological polar surface area (TPSA) is 52.6 Å². The van der Waals surface area contributed by atoms with E-state index in [9.17, 15) is 18.4 Å². The molecular weight excluding hydrogens is 270 g/mol. The van der Waals surface area contributed by atoms with Crippen LogP contribution in [0.2, 0.25) is 0 Å². The molecule has 6 heteroatoms. The van der Waals surface area contributed by atoms with Gasteiger partial charge in [0.15, 0.2) is 17.3 Å². The van der Waals surface area contributed by atoms with E-state index in [0.29, 0.717) is 6.42 Å². The van der Waals surface area contributed by atoms with Crippen molar-refractivity contribution in [2.45, 2.75) is 26.2 Å². The van der Waals surface area contributed by atoms with Gasteiger partial charge in [-0.2, -0.15) is 4.39 Å². The fraction of sp³-hybridized carbons (Fsp3) is 0.429. The largest absolute Gasteiger partial charge is 0.494 e. The predicted molar refractivity (Wildman–Crippen MR) is 67.7 cm³/mol. The third kappa shape index (κ3) is 4.29. The highest BCUT2D eigenvalue weighted by Crippen LogP contribution is 2.23. The summed E-state index contributed by atoms with van der Waals surface area (Å²) in [5.41, 5.74) is 0.0182. The Morgan fingerprint density at radius 2 is 1.90 bits per heavy atom. The van der Waals surface area contributed by atoms with Crippen molar-refractivity contribution in [1.82, 2.24) is 0 Å². The Hall–Kier alpha value is -1.98. The van der Waals surface area contributed by atoms with E-state index in [2.05, 4.69) is 4.74 Å². The van der Waals surface area contributed by atoms with Gasteiger partial charge < -0.3 is 9.47 Å². The number of halogens is 2. The molecule has 0 aliphatic rings. The second kappa shape index (κ2) is 7.57. The quantitative estimate of drug-likeness (QED) is 0.571. The van der Waals surface area contributed by atoms with Crippen LogP contribution in [0.25, 0.3) is 0 Å². The van der Waals surface area contributed by atoms with Gasteiger partial charge in [0.05, 0.1) is 13.7 Å². The average Bonchev–Trinajstić information content (AvgIpc) is 2.41. The second-order valence-corrected chi connectivity index (χ2v) is 4.06. The minimum absolute atomic E-state index is 0.0182. The van der Waals surface area contributed by atoms with Gasteiger partial charge in [0, 0.05) is 18.4 Å². The van der Waals surface area contributed by atoms with Crippen LogP contribution in [0.3, 0.4) is 0 Å². The lowest BCUT2D eigenvalue weighted by Crippen LogP contribution is -2.06. The van der Waals surface area contributed by atoms with E-state index in [4.69, 9.17) is 4.74 Å². The van der Waals surface area contributed by atoms with E-state index in [0.717, 1.165) is 12.1 Å². The van der Waals surface area contributed by atoms with Crippen LogP contribution in [-0.2, 0) is 9.53 Å². The minimum Gasteiger partial charge on any atom is -0.494 e. The molecule has 0 aliphatic heterocycles. The molecule has 0 radical (unpaired) electrons. The maximum absolute atomic E-state index is 13.3. The van der Waals surface area contributed by atoms with Crippen molar-refractivity contribution in [1.29, 1.82) is 0 Å². The first kappa shape index (κ1) is 16.1. The molecule has 0 heterocycles. The summed E-state index contributed by atoms with van der Waals surface area (Å²) in [4.78, 5) is 22.9. The van der Waals surface area contributed by atoms with Crippen LogP contribution >= 0.6 is 0 Å². The van der Waals surface area contributed by atoms with E-state index >= 15 is 0 Å². The number of carbonyl (C=O) groups excluding carboxylic acids is 2. The smallest absolute Gasteiger partial charge is 0.305 e. The Morgan fingerprint density at radius 3 is 2.50 bits per heavy atom. The van der Waals surface area contributed by atoms with Gasteiger partial charge in [-0.05, 0) is 25.5 Å². The molecule has 20 heavy (non-hydrogen) atoms. The van der Waals surface area contributed by atoms with Gasteiger partial charge in [-0.25, -0.2) is 4.39 Å². The first-order chi connectivity index (χ1) is 9.49.